The molecular formula is C27H34N10O6S. The van der Waals surface area contributed by atoms with Crippen LogP contribution in [0.15, 0.2) is 63.7 Å². The molecule has 0 bridgehead atoms. The number of phenolic OH excluding ortho intramolecular Hbond substituents is 1. The number of aliphatic hydroxyl groups excluding tert-OH is 1. The molecule has 0 radical (unpaired) electrons. The molecule has 0 aliphatic rings. The zero-order valence-electron chi connectivity index (χ0n) is 24.0. The van der Waals surface area contributed by atoms with Crippen LogP contribution in [0.3, 0.4) is 0 Å². The van der Waals surface area contributed by atoms with E-state index in [1.165, 1.54) is 6.07 Å². The van der Waals surface area contributed by atoms with E-state index in [4.69, 9.17) is 21.3 Å². The van der Waals surface area contributed by atoms with Crippen LogP contribution in [0.1, 0.15) is 13.8 Å². The smallest absolute Gasteiger partial charge is 0.296 e. The number of benzene rings is 3. The van der Waals surface area contributed by atoms with Crippen LogP contribution in [0.4, 0.5) is 34.9 Å². The molecule has 0 saturated heterocycles. The van der Waals surface area contributed by atoms with Gasteiger partial charge in [-0.3, -0.25) is 4.55 Å². The lowest BCUT2D eigenvalue weighted by atomic mass is 10.1. The summed E-state index contributed by atoms with van der Waals surface area (Å²) < 4.78 is 39.9. The second-order valence-electron chi connectivity index (χ2n) is 9.90. The topological polar surface area (TPSA) is 256 Å². The molecule has 44 heavy (non-hydrogen) atoms. The van der Waals surface area contributed by atoms with Gasteiger partial charge in [-0.1, -0.05) is 0 Å². The van der Waals surface area contributed by atoms with Gasteiger partial charge in [0.15, 0.2) is 5.75 Å². The van der Waals surface area contributed by atoms with Crippen LogP contribution in [0.25, 0.3) is 10.8 Å². The second-order valence-corrected chi connectivity index (χ2v) is 11.3. The first-order valence-corrected chi connectivity index (χ1v) is 14.9. The molecule has 4 aromatic rings. The van der Waals surface area contributed by atoms with E-state index >= 15 is 0 Å². The molecule has 0 spiro atoms. The Morgan fingerprint density at radius 3 is 2.09 bits per heavy atom. The first-order chi connectivity index (χ1) is 20.9. The number of ether oxygens (including phenoxy) is 1. The molecule has 3 aromatic carbocycles. The highest BCUT2D eigenvalue weighted by molar-refractivity contribution is 7.86. The summed E-state index contributed by atoms with van der Waals surface area (Å²) >= 11 is 0. The van der Waals surface area contributed by atoms with E-state index in [0.29, 0.717) is 30.2 Å². The molecule has 2 atom stereocenters. The number of nitrogens with two attached hydrogens (primary N) is 2. The number of azo groups is 1. The van der Waals surface area contributed by atoms with Gasteiger partial charge in [0.2, 0.25) is 17.8 Å². The van der Waals surface area contributed by atoms with Crippen molar-refractivity contribution in [3.8, 4) is 11.5 Å². The van der Waals surface area contributed by atoms with Crippen LogP contribution >= 0.6 is 0 Å². The number of aromatic nitrogens is 3. The Morgan fingerprint density at radius 1 is 0.909 bits per heavy atom. The molecule has 10 N–H and O–H groups in total. The Kier molecular flexibility index (Phi) is 10.4. The Labute approximate surface area is 253 Å². The van der Waals surface area contributed by atoms with Crippen molar-refractivity contribution >= 4 is 55.8 Å². The Balaban J connectivity index is 1.67. The molecule has 16 nitrogen and oxygen atoms in total. The lowest BCUT2D eigenvalue weighted by Crippen LogP contribution is -2.27. The zero-order chi connectivity index (χ0) is 31.9. The third-order valence-electron chi connectivity index (χ3n) is 5.85. The summed E-state index contributed by atoms with van der Waals surface area (Å²) in [7, 11) is -4.83. The lowest BCUT2D eigenvalue weighted by molar-refractivity contribution is 0.201. The van der Waals surface area contributed by atoms with Crippen LogP contribution in [0.5, 0.6) is 11.5 Å². The van der Waals surface area contributed by atoms with Crippen LogP contribution in [-0.4, -0.2) is 76.5 Å². The SMILES string of the molecule is CC(N)CNc1nc(NCC(C)N)nc(Nc2ccc3c(O)c(N=Nc4ccc(OCCO)cc4)c(S(=O)(=O)O)cc3c2)n1. The second kappa shape index (κ2) is 14.2. The van der Waals surface area contributed by atoms with Gasteiger partial charge in [0.05, 0.1) is 12.3 Å². The van der Waals surface area contributed by atoms with E-state index in [0.717, 1.165) is 0 Å². The van der Waals surface area contributed by atoms with Gasteiger partial charge in [-0.25, -0.2) is 0 Å². The summed E-state index contributed by atoms with van der Waals surface area (Å²) in [6.45, 7) is 4.46. The number of nitrogens with zero attached hydrogens (tertiary/aromatic N) is 5. The van der Waals surface area contributed by atoms with Crippen molar-refractivity contribution in [2.24, 2.45) is 21.7 Å². The molecule has 0 aliphatic heterocycles. The highest BCUT2D eigenvalue weighted by Crippen LogP contribution is 2.42. The van der Waals surface area contributed by atoms with Gasteiger partial charge >= 0.3 is 0 Å². The van der Waals surface area contributed by atoms with Crippen molar-refractivity contribution in [3.63, 3.8) is 0 Å². The number of aliphatic hydroxyl groups is 1. The van der Waals surface area contributed by atoms with Gasteiger partial charge < -0.3 is 42.4 Å². The number of hydrogen-bond acceptors (Lipinski definition) is 15. The summed E-state index contributed by atoms with van der Waals surface area (Å²) in [4.78, 5) is 12.4. The summed E-state index contributed by atoms with van der Waals surface area (Å²) in [5, 5.41) is 37.5. The highest BCUT2D eigenvalue weighted by atomic mass is 32.2. The normalized spacial score (nSPS) is 13.1. The maximum absolute atomic E-state index is 12.3. The first-order valence-electron chi connectivity index (χ1n) is 13.5. The molecule has 0 amide bonds. The van der Waals surface area contributed by atoms with Crippen molar-refractivity contribution in [2.75, 3.05) is 42.3 Å². The predicted molar refractivity (Wildman–Crippen MR) is 166 cm³/mol. The van der Waals surface area contributed by atoms with E-state index in [-0.39, 0.29) is 53.9 Å². The van der Waals surface area contributed by atoms with Crippen molar-refractivity contribution in [3.05, 3.63) is 48.5 Å². The van der Waals surface area contributed by atoms with Crippen molar-refractivity contribution in [1.82, 2.24) is 15.0 Å². The average Bonchev–Trinajstić information content (AvgIpc) is 2.97. The number of hydrogen-bond donors (Lipinski definition) is 8. The van der Waals surface area contributed by atoms with Gasteiger partial charge in [-0.05, 0) is 67.8 Å². The molecule has 0 aliphatic carbocycles. The summed E-state index contributed by atoms with van der Waals surface area (Å²) in [5.74, 6) is 0.680. The summed E-state index contributed by atoms with van der Waals surface area (Å²) in [6.07, 6.45) is 0. The number of rotatable bonds is 14. The van der Waals surface area contributed by atoms with Crippen LogP contribution < -0.4 is 32.2 Å². The van der Waals surface area contributed by atoms with Crippen LogP contribution in [-0.2, 0) is 10.1 Å². The minimum atomic E-state index is -4.83. The van der Waals surface area contributed by atoms with Crippen molar-refractivity contribution < 1.29 is 27.9 Å². The van der Waals surface area contributed by atoms with Crippen LogP contribution in [0.2, 0.25) is 0 Å². The third-order valence-corrected chi connectivity index (χ3v) is 6.71. The van der Waals surface area contributed by atoms with Gasteiger partial charge in [-0.15, -0.1) is 5.11 Å². The fourth-order valence-corrected chi connectivity index (χ4v) is 4.48. The molecule has 17 heteroatoms. The number of fused-ring (bicyclic) bond motifs is 1. The van der Waals surface area contributed by atoms with Crippen LogP contribution in [0, 0.1) is 0 Å². The Bertz CT molecular complexity index is 1700. The molecule has 4 rings (SSSR count). The highest BCUT2D eigenvalue weighted by Gasteiger charge is 2.22. The van der Waals surface area contributed by atoms with E-state index in [1.54, 1.807) is 42.5 Å². The van der Waals surface area contributed by atoms with E-state index in [2.05, 4.69) is 41.1 Å². The minimum Gasteiger partial charge on any atom is -0.505 e. The quantitative estimate of drug-likeness (QED) is 0.0739. The molecule has 234 valence electrons. The van der Waals surface area contributed by atoms with E-state index in [1.807, 2.05) is 13.8 Å². The lowest BCUT2D eigenvalue weighted by Gasteiger charge is -2.14. The average molecular weight is 627 g/mol. The fraction of sp³-hybridized carbons (Fsp3) is 0.296. The number of aromatic hydroxyl groups is 1. The Morgan fingerprint density at radius 2 is 1.52 bits per heavy atom. The first kappa shape index (κ1) is 32.2. The number of phenols is 1. The van der Waals surface area contributed by atoms with Crippen molar-refractivity contribution in [2.45, 2.75) is 30.8 Å². The Hall–Kier alpha value is -4.68. The number of nitrogens with one attached hydrogen (secondary N) is 3. The maximum Gasteiger partial charge on any atom is 0.296 e. The van der Waals surface area contributed by atoms with E-state index in [9.17, 15) is 18.1 Å². The molecule has 1 heterocycles. The third kappa shape index (κ3) is 8.68. The molecule has 2 unspecified atom stereocenters. The number of anilines is 4. The zero-order valence-corrected chi connectivity index (χ0v) is 24.8. The largest absolute Gasteiger partial charge is 0.505 e. The fourth-order valence-electron chi connectivity index (χ4n) is 3.83. The molecular weight excluding hydrogens is 592 g/mol. The molecule has 1 aromatic heterocycles. The van der Waals surface area contributed by atoms with Gasteiger partial charge in [-0.2, -0.15) is 28.5 Å². The summed E-state index contributed by atoms with van der Waals surface area (Å²) in [5.41, 5.74) is 12.0. The maximum atomic E-state index is 12.3. The van der Waals surface area contributed by atoms with E-state index < -0.39 is 26.5 Å². The monoisotopic (exact) mass is 626 g/mol. The van der Waals surface area contributed by atoms with Crippen molar-refractivity contribution in [1.29, 1.82) is 0 Å². The van der Waals surface area contributed by atoms with Gasteiger partial charge in [0.25, 0.3) is 10.1 Å². The predicted octanol–water partition coefficient (Wildman–Crippen LogP) is 3.03. The molecule has 0 fully saturated rings. The standard InChI is InChI=1S/C27H34N10O6S/c1-15(28)13-30-25-33-26(31-14-16(2)29)35-27(34-25)32-19-5-8-21-17(11-19)12-22(44(40,41)42)23(24(21)39)37-36-18-3-6-20(7-4-18)43-10-9-38/h3-8,11-12,15-16,38-39H,9-10,13-14,28-29H2,1-2H3,(H,40,41,42)(H3,30,31,32,33,34,35). The van der Waals surface area contributed by atoms with Gasteiger partial charge in [0.1, 0.15) is 22.9 Å². The molecule has 0 saturated carbocycles. The van der Waals surface area contributed by atoms with Gasteiger partial charge in [0, 0.05) is 36.2 Å². The summed E-state index contributed by atoms with van der Waals surface area (Å²) in [6, 6.07) is 11.8. The minimum absolute atomic E-state index is 0.120.